The fraction of sp³-hybridized carbons (Fsp3) is 0.261. The number of aromatic nitrogens is 2. The van der Waals surface area contributed by atoms with Gasteiger partial charge in [-0.1, -0.05) is 0 Å². The zero-order valence-corrected chi connectivity index (χ0v) is 17.7. The minimum Gasteiger partial charge on any atom is -0.494 e. The van der Waals surface area contributed by atoms with Crippen molar-refractivity contribution < 1.29 is 18.7 Å². The molecule has 0 saturated heterocycles. The summed E-state index contributed by atoms with van der Waals surface area (Å²) in [7, 11) is 0. The predicted octanol–water partition coefficient (Wildman–Crippen LogP) is 2.99. The Kier molecular flexibility index (Phi) is 7.65. The molecule has 3 rings (SSSR count). The van der Waals surface area contributed by atoms with Crippen molar-refractivity contribution in [3.05, 3.63) is 65.6 Å². The Balaban J connectivity index is 1.47. The highest BCUT2D eigenvalue weighted by Gasteiger charge is 2.16. The van der Waals surface area contributed by atoms with Crippen molar-refractivity contribution in [1.82, 2.24) is 15.1 Å². The highest BCUT2D eigenvalue weighted by molar-refractivity contribution is 5.77. The summed E-state index contributed by atoms with van der Waals surface area (Å²) in [6.45, 7) is 2.77. The van der Waals surface area contributed by atoms with Crippen LogP contribution < -0.4 is 20.5 Å². The van der Waals surface area contributed by atoms with Crippen molar-refractivity contribution in [3.63, 3.8) is 0 Å². The van der Waals surface area contributed by atoms with Crippen LogP contribution in [0.4, 0.5) is 10.2 Å². The number of amides is 1. The van der Waals surface area contributed by atoms with Gasteiger partial charge in [-0.15, -0.1) is 0 Å². The third-order valence-electron chi connectivity index (χ3n) is 4.59. The number of benzene rings is 2. The van der Waals surface area contributed by atoms with Crippen molar-refractivity contribution in [3.8, 4) is 23.3 Å². The van der Waals surface area contributed by atoms with Crippen molar-refractivity contribution in [1.29, 1.82) is 5.26 Å². The van der Waals surface area contributed by atoms with Crippen LogP contribution in [0.15, 0.2) is 48.5 Å². The van der Waals surface area contributed by atoms with Gasteiger partial charge >= 0.3 is 0 Å². The van der Waals surface area contributed by atoms with Gasteiger partial charge in [-0.2, -0.15) is 10.4 Å². The molecule has 0 radical (unpaired) electrons. The normalized spacial score (nSPS) is 10.4. The lowest BCUT2D eigenvalue weighted by Gasteiger charge is -2.08. The molecule has 3 aromatic rings. The van der Waals surface area contributed by atoms with Crippen LogP contribution in [-0.2, 0) is 11.2 Å². The zero-order valence-electron chi connectivity index (χ0n) is 17.7. The number of anilines is 1. The number of rotatable bonds is 10. The first-order valence-corrected chi connectivity index (χ1v) is 10.2. The Hall–Kier alpha value is -4.06. The number of nitrogens with two attached hydrogens (primary N) is 1. The molecule has 0 saturated carbocycles. The molecule has 3 N–H and O–H groups in total. The number of nitrogens with zero attached hydrogens (tertiary/aromatic N) is 3. The zero-order chi connectivity index (χ0) is 22.9. The lowest BCUT2D eigenvalue weighted by atomic mass is 10.1. The summed E-state index contributed by atoms with van der Waals surface area (Å²) in [6.07, 6.45) is 1.00. The van der Waals surface area contributed by atoms with Crippen molar-refractivity contribution >= 4 is 11.7 Å². The first-order valence-electron chi connectivity index (χ1n) is 10.2. The lowest BCUT2D eigenvalue weighted by molar-refractivity contribution is -0.123. The van der Waals surface area contributed by atoms with Crippen LogP contribution >= 0.6 is 0 Å². The topological polar surface area (TPSA) is 115 Å². The molecule has 0 spiro atoms. The molecular formula is C23H24FN5O3. The molecule has 0 bridgehead atoms. The highest BCUT2D eigenvalue weighted by Crippen LogP contribution is 2.22. The SMILES string of the molecule is CCOc1ccc(OCC(=O)NCCCc2nn(-c3ccc(F)cc3)c(N)c2C#N)cc1. The molecule has 32 heavy (non-hydrogen) atoms. The van der Waals surface area contributed by atoms with Gasteiger partial charge in [0.05, 0.1) is 18.0 Å². The Morgan fingerprint density at radius 1 is 1.16 bits per heavy atom. The van der Waals surface area contributed by atoms with E-state index >= 15 is 0 Å². The summed E-state index contributed by atoms with van der Waals surface area (Å²) < 4.78 is 25.4. The van der Waals surface area contributed by atoms with Crippen LogP contribution in [0.25, 0.3) is 5.69 Å². The predicted molar refractivity (Wildman–Crippen MR) is 117 cm³/mol. The van der Waals surface area contributed by atoms with Gasteiger partial charge in [0.2, 0.25) is 0 Å². The number of hydrogen-bond donors (Lipinski definition) is 2. The van der Waals surface area contributed by atoms with Gasteiger partial charge in [-0.05, 0) is 68.3 Å². The average Bonchev–Trinajstić information content (AvgIpc) is 3.12. The molecule has 1 heterocycles. The number of carbonyl (C=O) groups excluding carboxylic acids is 1. The van der Waals surface area contributed by atoms with Gasteiger partial charge in [0.1, 0.15) is 34.8 Å². The molecule has 0 aliphatic rings. The monoisotopic (exact) mass is 437 g/mol. The molecule has 0 fully saturated rings. The molecule has 166 valence electrons. The van der Waals surface area contributed by atoms with Gasteiger partial charge in [0.25, 0.3) is 5.91 Å². The van der Waals surface area contributed by atoms with Crippen molar-refractivity contribution in [2.45, 2.75) is 19.8 Å². The van der Waals surface area contributed by atoms with E-state index in [1.165, 1.54) is 28.9 Å². The Labute approximate surface area is 185 Å². The third-order valence-corrected chi connectivity index (χ3v) is 4.59. The largest absolute Gasteiger partial charge is 0.494 e. The number of nitrogen functional groups attached to an aromatic ring is 1. The summed E-state index contributed by atoms with van der Waals surface area (Å²) in [5.74, 6) is 0.882. The molecule has 9 heteroatoms. The second-order valence-corrected chi connectivity index (χ2v) is 6.85. The molecular weight excluding hydrogens is 413 g/mol. The maximum Gasteiger partial charge on any atom is 0.257 e. The van der Waals surface area contributed by atoms with Gasteiger partial charge in [-0.25, -0.2) is 9.07 Å². The smallest absolute Gasteiger partial charge is 0.257 e. The van der Waals surface area contributed by atoms with E-state index in [-0.39, 0.29) is 29.7 Å². The van der Waals surface area contributed by atoms with E-state index in [1.807, 2.05) is 6.92 Å². The fourth-order valence-corrected chi connectivity index (χ4v) is 3.04. The van der Waals surface area contributed by atoms with E-state index in [0.717, 1.165) is 5.75 Å². The molecule has 0 atom stereocenters. The van der Waals surface area contributed by atoms with Gasteiger partial charge in [0, 0.05) is 6.54 Å². The molecule has 1 amide bonds. The first-order chi connectivity index (χ1) is 15.5. The minimum absolute atomic E-state index is 0.108. The molecule has 1 aromatic heterocycles. The molecule has 2 aromatic carbocycles. The van der Waals surface area contributed by atoms with Crippen LogP contribution in [0.1, 0.15) is 24.6 Å². The first kappa shape index (κ1) is 22.6. The van der Waals surface area contributed by atoms with E-state index in [0.29, 0.717) is 43.1 Å². The third kappa shape index (κ3) is 5.76. The van der Waals surface area contributed by atoms with Crippen molar-refractivity contribution in [2.75, 3.05) is 25.5 Å². The quantitative estimate of drug-likeness (QED) is 0.471. The number of nitrogens with one attached hydrogen (secondary N) is 1. The molecule has 0 aliphatic heterocycles. The number of hydrogen-bond acceptors (Lipinski definition) is 6. The number of halogens is 1. The van der Waals surface area contributed by atoms with Crippen LogP contribution in [0, 0.1) is 17.1 Å². The summed E-state index contributed by atoms with van der Waals surface area (Å²) in [4.78, 5) is 12.0. The fourth-order valence-electron chi connectivity index (χ4n) is 3.04. The molecule has 0 unspecified atom stereocenters. The number of carbonyl (C=O) groups is 1. The average molecular weight is 437 g/mol. The maximum absolute atomic E-state index is 13.2. The summed E-state index contributed by atoms with van der Waals surface area (Å²) in [5.41, 5.74) is 7.41. The Morgan fingerprint density at radius 3 is 2.44 bits per heavy atom. The van der Waals surface area contributed by atoms with E-state index in [2.05, 4.69) is 16.5 Å². The summed E-state index contributed by atoms with van der Waals surface area (Å²) in [5, 5.41) is 16.6. The standard InChI is InChI=1S/C23H24FN5O3/c1-2-31-18-9-11-19(12-10-18)32-15-22(30)27-13-3-4-21-20(14-25)23(26)29(28-21)17-7-5-16(24)6-8-17/h5-12H,2-4,13,15,26H2,1H3,(H,27,30). The van der Waals surface area contributed by atoms with Crippen molar-refractivity contribution in [2.24, 2.45) is 0 Å². The summed E-state index contributed by atoms with van der Waals surface area (Å²) >= 11 is 0. The highest BCUT2D eigenvalue weighted by atomic mass is 19.1. The van der Waals surface area contributed by atoms with Crippen LogP contribution in [0.3, 0.4) is 0 Å². The minimum atomic E-state index is -0.373. The van der Waals surface area contributed by atoms with Gasteiger partial charge < -0.3 is 20.5 Å². The van der Waals surface area contributed by atoms with E-state index in [9.17, 15) is 14.4 Å². The number of nitriles is 1. The van der Waals surface area contributed by atoms with Gasteiger partial charge in [-0.3, -0.25) is 4.79 Å². The Morgan fingerprint density at radius 2 is 1.81 bits per heavy atom. The molecule has 0 aliphatic carbocycles. The van der Waals surface area contributed by atoms with Gasteiger partial charge in [0.15, 0.2) is 6.61 Å². The second-order valence-electron chi connectivity index (χ2n) is 6.85. The van der Waals surface area contributed by atoms with E-state index in [1.54, 1.807) is 24.3 Å². The number of aryl methyl sites for hydroxylation is 1. The van der Waals surface area contributed by atoms with Crippen LogP contribution in [0.5, 0.6) is 11.5 Å². The summed E-state index contributed by atoms with van der Waals surface area (Å²) in [6, 6.07) is 14.8. The number of ether oxygens (including phenoxy) is 2. The second kappa shape index (κ2) is 10.8. The van der Waals surface area contributed by atoms with Crippen LogP contribution in [0.2, 0.25) is 0 Å². The lowest BCUT2D eigenvalue weighted by Crippen LogP contribution is -2.29. The molecule has 8 nitrogen and oxygen atoms in total. The maximum atomic E-state index is 13.2. The Bertz CT molecular complexity index is 1090. The van der Waals surface area contributed by atoms with E-state index < -0.39 is 0 Å². The van der Waals surface area contributed by atoms with E-state index in [4.69, 9.17) is 15.2 Å². The van der Waals surface area contributed by atoms with Crippen LogP contribution in [-0.4, -0.2) is 35.4 Å².